The van der Waals surface area contributed by atoms with E-state index in [2.05, 4.69) is 9.82 Å². The summed E-state index contributed by atoms with van der Waals surface area (Å²) in [7, 11) is -4.17. The molecule has 9 heteroatoms. The summed E-state index contributed by atoms with van der Waals surface area (Å²) in [4.78, 5) is 11.9. The van der Waals surface area contributed by atoms with Crippen LogP contribution in [0.15, 0.2) is 65.7 Å². The Bertz CT molecular complexity index is 1070. The Kier molecular flexibility index (Phi) is 5.22. The number of hydrogen-bond donors (Lipinski definition) is 1. The van der Waals surface area contributed by atoms with Gasteiger partial charge >= 0.3 is 5.97 Å². The number of sulfonamides is 1. The van der Waals surface area contributed by atoms with E-state index in [1.54, 1.807) is 37.3 Å². The lowest BCUT2D eigenvalue weighted by atomic mass is 10.3. The van der Waals surface area contributed by atoms with Crippen LogP contribution >= 0.6 is 0 Å². The van der Waals surface area contributed by atoms with Gasteiger partial charge in [-0.05, 0) is 37.3 Å². The lowest BCUT2D eigenvalue weighted by Gasteiger charge is -2.12. The van der Waals surface area contributed by atoms with Gasteiger partial charge in [-0.15, -0.1) is 0 Å². The smallest absolute Gasteiger partial charge is 0.343 e. The maximum Gasteiger partial charge on any atom is 0.343 e. The summed E-state index contributed by atoms with van der Waals surface area (Å²) in [6.45, 7) is 1.75. The molecular formula is C18H16FN3O4S. The van der Waals surface area contributed by atoms with Gasteiger partial charge in [0.15, 0.2) is 5.82 Å². The molecule has 1 N–H and O–H groups in total. The summed E-state index contributed by atoms with van der Waals surface area (Å²) >= 11 is 0. The SMILES string of the molecule is CCOC(=O)c1cnn(-c2ccccc2)c1NS(=O)(=O)c1cccc(F)c1. The van der Waals surface area contributed by atoms with Crippen molar-refractivity contribution in [3.05, 3.63) is 72.2 Å². The Morgan fingerprint density at radius 1 is 1.19 bits per heavy atom. The zero-order chi connectivity index (χ0) is 19.4. The molecule has 27 heavy (non-hydrogen) atoms. The van der Waals surface area contributed by atoms with Crippen molar-refractivity contribution < 1.29 is 22.3 Å². The van der Waals surface area contributed by atoms with Crippen LogP contribution in [0, 0.1) is 5.82 Å². The third-order valence-corrected chi connectivity index (χ3v) is 4.94. The average Bonchev–Trinajstić information content (AvgIpc) is 3.05. The summed E-state index contributed by atoms with van der Waals surface area (Å²) in [5, 5.41) is 4.10. The summed E-state index contributed by atoms with van der Waals surface area (Å²) in [6.07, 6.45) is 1.22. The highest BCUT2D eigenvalue weighted by Gasteiger charge is 2.25. The lowest BCUT2D eigenvalue weighted by Crippen LogP contribution is -2.18. The highest BCUT2D eigenvalue weighted by atomic mass is 32.2. The van der Waals surface area contributed by atoms with Crippen LogP contribution in [0.4, 0.5) is 10.2 Å². The second-order valence-electron chi connectivity index (χ2n) is 5.44. The minimum atomic E-state index is -4.17. The Balaban J connectivity index is 2.09. The number of esters is 1. The van der Waals surface area contributed by atoms with Crippen LogP contribution in [-0.2, 0) is 14.8 Å². The molecule has 0 unspecified atom stereocenters. The lowest BCUT2D eigenvalue weighted by molar-refractivity contribution is 0.0527. The molecule has 0 bridgehead atoms. The van der Waals surface area contributed by atoms with Gasteiger partial charge in [0.1, 0.15) is 11.4 Å². The molecule has 7 nitrogen and oxygen atoms in total. The van der Waals surface area contributed by atoms with Crippen LogP contribution < -0.4 is 4.72 Å². The zero-order valence-corrected chi connectivity index (χ0v) is 15.1. The molecular weight excluding hydrogens is 373 g/mol. The standard InChI is InChI=1S/C18H16FN3O4S/c1-2-26-18(23)16-12-20-22(14-8-4-3-5-9-14)17(16)21-27(24,25)15-10-6-7-13(19)11-15/h3-12,21H,2H2,1H3. The first-order valence-corrected chi connectivity index (χ1v) is 9.49. The van der Waals surface area contributed by atoms with E-state index >= 15 is 0 Å². The third kappa shape index (κ3) is 3.98. The summed E-state index contributed by atoms with van der Waals surface area (Å²) in [5.74, 6) is -1.51. The van der Waals surface area contributed by atoms with Crippen LogP contribution in [0.25, 0.3) is 5.69 Å². The molecule has 0 aliphatic heterocycles. The van der Waals surface area contributed by atoms with Gasteiger partial charge in [0.2, 0.25) is 0 Å². The van der Waals surface area contributed by atoms with E-state index < -0.39 is 21.8 Å². The number of carbonyl (C=O) groups is 1. The maximum absolute atomic E-state index is 13.4. The number of anilines is 1. The number of hydrogen-bond acceptors (Lipinski definition) is 5. The maximum atomic E-state index is 13.4. The number of nitrogens with one attached hydrogen (secondary N) is 1. The molecule has 3 rings (SSSR count). The molecule has 0 radical (unpaired) electrons. The van der Waals surface area contributed by atoms with Crippen LogP contribution in [0.1, 0.15) is 17.3 Å². The highest BCUT2D eigenvalue weighted by Crippen LogP contribution is 2.24. The first-order valence-electron chi connectivity index (χ1n) is 8.01. The summed E-state index contributed by atoms with van der Waals surface area (Å²) in [5.41, 5.74) is 0.477. The molecule has 0 saturated heterocycles. The molecule has 140 valence electrons. The van der Waals surface area contributed by atoms with Gasteiger partial charge in [0.25, 0.3) is 10.0 Å². The Morgan fingerprint density at radius 3 is 2.59 bits per heavy atom. The van der Waals surface area contributed by atoms with E-state index in [-0.39, 0.29) is 22.9 Å². The van der Waals surface area contributed by atoms with E-state index in [9.17, 15) is 17.6 Å². The number of para-hydroxylation sites is 1. The third-order valence-electron chi connectivity index (χ3n) is 3.60. The minimum Gasteiger partial charge on any atom is -0.462 e. The fourth-order valence-electron chi connectivity index (χ4n) is 2.39. The van der Waals surface area contributed by atoms with Crippen molar-refractivity contribution in [1.29, 1.82) is 0 Å². The topological polar surface area (TPSA) is 90.3 Å². The van der Waals surface area contributed by atoms with Gasteiger partial charge in [-0.25, -0.2) is 22.3 Å². The molecule has 0 fully saturated rings. The van der Waals surface area contributed by atoms with Gasteiger partial charge < -0.3 is 4.74 Å². The van der Waals surface area contributed by atoms with Crippen molar-refractivity contribution in [3.8, 4) is 5.69 Å². The largest absolute Gasteiger partial charge is 0.462 e. The first kappa shape index (κ1) is 18.6. The number of nitrogens with zero attached hydrogens (tertiary/aromatic N) is 2. The van der Waals surface area contributed by atoms with Gasteiger partial charge in [-0.3, -0.25) is 4.72 Å². The molecule has 1 heterocycles. The number of rotatable bonds is 6. The molecule has 3 aromatic rings. The molecule has 0 spiro atoms. The van der Waals surface area contributed by atoms with Gasteiger partial charge in [-0.1, -0.05) is 24.3 Å². The van der Waals surface area contributed by atoms with Crippen LogP contribution in [0.5, 0.6) is 0 Å². The average molecular weight is 389 g/mol. The normalized spacial score (nSPS) is 11.2. The van der Waals surface area contributed by atoms with Crippen molar-refractivity contribution in [1.82, 2.24) is 9.78 Å². The molecule has 1 aromatic heterocycles. The fraction of sp³-hybridized carbons (Fsp3) is 0.111. The van der Waals surface area contributed by atoms with Crippen LogP contribution in [0.3, 0.4) is 0 Å². The van der Waals surface area contributed by atoms with E-state index in [1.807, 2.05) is 0 Å². The minimum absolute atomic E-state index is 0.0549. The van der Waals surface area contributed by atoms with E-state index in [1.165, 1.54) is 23.0 Å². The molecule has 0 aliphatic rings. The fourth-order valence-corrected chi connectivity index (χ4v) is 3.48. The predicted octanol–water partition coefficient (Wildman–Crippen LogP) is 2.99. The van der Waals surface area contributed by atoms with Crippen molar-refractivity contribution in [2.24, 2.45) is 0 Å². The first-order chi connectivity index (χ1) is 12.9. The molecule has 0 saturated carbocycles. The van der Waals surface area contributed by atoms with E-state index in [0.717, 1.165) is 12.1 Å². The quantitative estimate of drug-likeness (QED) is 0.655. The number of halogens is 1. The molecule has 0 amide bonds. The second-order valence-corrected chi connectivity index (χ2v) is 7.12. The number of benzene rings is 2. The Hall–Kier alpha value is -3.20. The van der Waals surface area contributed by atoms with Gasteiger partial charge in [-0.2, -0.15) is 5.10 Å². The van der Waals surface area contributed by atoms with Crippen LogP contribution in [0.2, 0.25) is 0 Å². The van der Waals surface area contributed by atoms with Crippen LogP contribution in [-0.4, -0.2) is 30.8 Å². The molecule has 2 aromatic carbocycles. The van der Waals surface area contributed by atoms with E-state index in [0.29, 0.717) is 5.69 Å². The van der Waals surface area contributed by atoms with Crippen molar-refractivity contribution in [3.63, 3.8) is 0 Å². The highest BCUT2D eigenvalue weighted by molar-refractivity contribution is 7.92. The number of aromatic nitrogens is 2. The Morgan fingerprint density at radius 2 is 1.93 bits per heavy atom. The number of carbonyl (C=O) groups excluding carboxylic acids is 1. The van der Waals surface area contributed by atoms with Gasteiger partial charge in [0, 0.05) is 0 Å². The van der Waals surface area contributed by atoms with Crippen molar-refractivity contribution >= 4 is 21.8 Å². The number of ether oxygens (including phenoxy) is 1. The van der Waals surface area contributed by atoms with Crippen molar-refractivity contribution in [2.45, 2.75) is 11.8 Å². The monoisotopic (exact) mass is 389 g/mol. The van der Waals surface area contributed by atoms with E-state index in [4.69, 9.17) is 4.74 Å². The Labute approximate surface area is 155 Å². The second kappa shape index (κ2) is 7.58. The summed E-state index contributed by atoms with van der Waals surface area (Å²) in [6, 6.07) is 13.2. The predicted molar refractivity (Wildman–Crippen MR) is 96.7 cm³/mol. The van der Waals surface area contributed by atoms with Crippen molar-refractivity contribution in [2.75, 3.05) is 11.3 Å². The summed E-state index contributed by atoms with van der Waals surface area (Å²) < 4.78 is 47.4. The van der Waals surface area contributed by atoms with Gasteiger partial charge in [0.05, 0.1) is 23.4 Å². The molecule has 0 atom stereocenters. The molecule has 0 aliphatic carbocycles. The zero-order valence-electron chi connectivity index (χ0n) is 14.3.